The van der Waals surface area contributed by atoms with E-state index >= 15 is 4.39 Å². The molecule has 1 N–H and O–H groups in total. The first-order valence-electron chi connectivity index (χ1n) is 13.9. The molecule has 0 aliphatic carbocycles. The van der Waals surface area contributed by atoms with Crippen LogP contribution in [0.25, 0.3) is 0 Å². The van der Waals surface area contributed by atoms with E-state index in [9.17, 15) is 9.90 Å². The molecular formula is C32H37FN2O5. The first-order chi connectivity index (χ1) is 19.4. The Kier molecular flexibility index (Phi) is 8.75. The quantitative estimate of drug-likeness (QED) is 0.357. The molecule has 0 radical (unpaired) electrons. The smallest absolute Gasteiger partial charge is 0.305 e. The van der Waals surface area contributed by atoms with E-state index in [1.165, 1.54) is 6.07 Å². The van der Waals surface area contributed by atoms with Gasteiger partial charge < -0.3 is 29.1 Å². The molecule has 2 fully saturated rings. The number of ether oxygens (including phenoxy) is 3. The number of halogens is 1. The van der Waals surface area contributed by atoms with Gasteiger partial charge in [0.25, 0.3) is 0 Å². The lowest BCUT2D eigenvalue weighted by molar-refractivity contribution is -0.137. The summed E-state index contributed by atoms with van der Waals surface area (Å²) in [5, 5.41) is 9.32. The van der Waals surface area contributed by atoms with Crippen LogP contribution < -0.4 is 19.3 Å². The standard InChI is InChI=1S/C32H37FN2O5/c1-38-27-19-24(20-31(36)37)35(21-27)23-8-10-25(11-9-23)40-26-14-16-34(17-15-26)32-28(18-22-6-4-3-5-7-22)30(39-2)13-12-29(32)33/h3-13,24,26-27H,14-21H2,1-2H3,(H,36,37). The average molecular weight is 549 g/mol. The van der Waals surface area contributed by atoms with Gasteiger partial charge in [0.15, 0.2) is 0 Å². The number of nitrogens with zero attached hydrogens (tertiary/aromatic N) is 2. The Morgan fingerprint density at radius 2 is 1.70 bits per heavy atom. The van der Waals surface area contributed by atoms with E-state index in [-0.39, 0.29) is 30.5 Å². The van der Waals surface area contributed by atoms with Crippen LogP contribution in [0.5, 0.6) is 11.5 Å². The van der Waals surface area contributed by atoms with Crippen LogP contribution in [0.15, 0.2) is 66.7 Å². The Labute approximate surface area is 235 Å². The molecule has 2 heterocycles. The van der Waals surface area contributed by atoms with Crippen molar-refractivity contribution in [1.82, 2.24) is 0 Å². The van der Waals surface area contributed by atoms with Crippen molar-refractivity contribution in [1.29, 1.82) is 0 Å². The van der Waals surface area contributed by atoms with E-state index in [0.29, 0.717) is 43.9 Å². The fourth-order valence-corrected chi connectivity index (χ4v) is 5.95. The molecule has 2 saturated heterocycles. The number of anilines is 2. The van der Waals surface area contributed by atoms with Gasteiger partial charge in [0.1, 0.15) is 23.4 Å². The first-order valence-corrected chi connectivity index (χ1v) is 13.9. The van der Waals surface area contributed by atoms with Crippen molar-refractivity contribution >= 4 is 17.3 Å². The number of aliphatic carboxylic acids is 1. The maximum absolute atomic E-state index is 15.2. The lowest BCUT2D eigenvalue weighted by Gasteiger charge is -2.35. The summed E-state index contributed by atoms with van der Waals surface area (Å²) < 4.78 is 32.7. The second-order valence-corrected chi connectivity index (χ2v) is 10.5. The zero-order valence-corrected chi connectivity index (χ0v) is 23.1. The van der Waals surface area contributed by atoms with Crippen molar-refractivity contribution in [3.63, 3.8) is 0 Å². The number of hydrogen-bond donors (Lipinski definition) is 1. The lowest BCUT2D eigenvalue weighted by atomic mass is 9.99. The molecule has 7 nitrogen and oxygen atoms in total. The SMILES string of the molecule is COc1ccc(F)c(N2CCC(Oc3ccc(N4CC(OC)CC4CC(=O)O)cc3)CC2)c1Cc1ccccc1. The highest BCUT2D eigenvalue weighted by Crippen LogP contribution is 2.36. The predicted octanol–water partition coefficient (Wildman–Crippen LogP) is 5.54. The average Bonchev–Trinajstić information content (AvgIpc) is 3.37. The van der Waals surface area contributed by atoms with E-state index in [1.54, 1.807) is 20.3 Å². The molecule has 0 saturated carbocycles. The first kappa shape index (κ1) is 27.8. The lowest BCUT2D eigenvalue weighted by Crippen LogP contribution is -2.39. The molecule has 3 aromatic carbocycles. The summed E-state index contributed by atoms with van der Waals surface area (Å²) in [5.74, 6) is 0.426. The van der Waals surface area contributed by atoms with E-state index in [4.69, 9.17) is 14.2 Å². The van der Waals surface area contributed by atoms with E-state index in [1.807, 2.05) is 54.6 Å². The number of carboxylic acid groups (broad SMARTS) is 1. The number of piperidine rings is 1. The van der Waals surface area contributed by atoms with Gasteiger partial charge in [0.2, 0.25) is 0 Å². The van der Waals surface area contributed by atoms with Crippen LogP contribution in [0, 0.1) is 5.82 Å². The third kappa shape index (κ3) is 6.33. The van der Waals surface area contributed by atoms with E-state index in [2.05, 4.69) is 9.80 Å². The molecule has 2 unspecified atom stereocenters. The molecule has 2 atom stereocenters. The molecule has 0 amide bonds. The number of carbonyl (C=O) groups is 1. The largest absolute Gasteiger partial charge is 0.496 e. The molecule has 5 rings (SSSR count). The van der Waals surface area contributed by atoms with Crippen LogP contribution in [0.4, 0.5) is 15.8 Å². The molecule has 40 heavy (non-hydrogen) atoms. The Bertz CT molecular complexity index is 1280. The van der Waals surface area contributed by atoms with Crippen molar-refractivity contribution in [3.8, 4) is 11.5 Å². The van der Waals surface area contributed by atoms with Crippen LogP contribution in [0.1, 0.15) is 36.8 Å². The zero-order valence-electron chi connectivity index (χ0n) is 23.1. The highest BCUT2D eigenvalue weighted by molar-refractivity contribution is 5.69. The molecule has 212 valence electrons. The summed E-state index contributed by atoms with van der Waals surface area (Å²) in [7, 11) is 3.30. The molecule has 2 aliphatic heterocycles. The van der Waals surface area contributed by atoms with Crippen LogP contribution in [0.3, 0.4) is 0 Å². The van der Waals surface area contributed by atoms with Gasteiger partial charge in [-0.25, -0.2) is 4.39 Å². The fourth-order valence-electron chi connectivity index (χ4n) is 5.95. The van der Waals surface area contributed by atoms with Crippen molar-refractivity contribution in [2.45, 2.75) is 50.4 Å². The summed E-state index contributed by atoms with van der Waals surface area (Å²) in [6, 6.07) is 21.0. The van der Waals surface area contributed by atoms with Crippen molar-refractivity contribution < 1.29 is 28.5 Å². The molecule has 0 spiro atoms. The molecule has 8 heteroatoms. The molecule has 0 aromatic heterocycles. The van der Waals surface area contributed by atoms with Gasteiger partial charge in [-0.1, -0.05) is 30.3 Å². The zero-order chi connectivity index (χ0) is 28.1. The van der Waals surface area contributed by atoms with Crippen LogP contribution in [-0.2, 0) is 16.0 Å². The Morgan fingerprint density at radius 3 is 2.35 bits per heavy atom. The van der Waals surface area contributed by atoms with Crippen LogP contribution in [0.2, 0.25) is 0 Å². The summed E-state index contributed by atoms with van der Waals surface area (Å²) in [4.78, 5) is 15.6. The maximum atomic E-state index is 15.2. The van der Waals surface area contributed by atoms with Gasteiger partial charge >= 0.3 is 5.97 Å². The minimum Gasteiger partial charge on any atom is -0.496 e. The minimum atomic E-state index is -0.806. The summed E-state index contributed by atoms with van der Waals surface area (Å²) >= 11 is 0. The number of rotatable bonds is 10. The molecular weight excluding hydrogens is 511 g/mol. The number of hydrogen-bond acceptors (Lipinski definition) is 6. The Hall–Kier alpha value is -3.78. The minimum absolute atomic E-state index is 0.0214. The topological polar surface area (TPSA) is 71.5 Å². The molecule has 2 aliphatic rings. The van der Waals surface area contributed by atoms with Crippen LogP contribution in [-0.4, -0.2) is 63.2 Å². The van der Waals surface area contributed by atoms with E-state index < -0.39 is 5.97 Å². The van der Waals surface area contributed by atoms with Crippen LogP contribution >= 0.6 is 0 Å². The second-order valence-electron chi connectivity index (χ2n) is 10.5. The summed E-state index contributed by atoms with van der Waals surface area (Å²) in [5.41, 5.74) is 3.55. The Morgan fingerprint density at radius 1 is 0.975 bits per heavy atom. The Balaban J connectivity index is 1.23. The van der Waals surface area contributed by atoms with Gasteiger partial charge in [-0.05, 0) is 48.4 Å². The monoisotopic (exact) mass is 548 g/mol. The fraction of sp³-hybridized carbons (Fsp3) is 0.406. The number of benzene rings is 3. The summed E-state index contributed by atoms with van der Waals surface area (Å²) in [6.07, 6.45) is 2.95. The van der Waals surface area contributed by atoms with Gasteiger partial charge in [-0.3, -0.25) is 4.79 Å². The van der Waals surface area contributed by atoms with Crippen molar-refractivity contribution in [2.24, 2.45) is 0 Å². The third-order valence-electron chi connectivity index (χ3n) is 7.98. The third-order valence-corrected chi connectivity index (χ3v) is 7.98. The number of carboxylic acids is 1. The maximum Gasteiger partial charge on any atom is 0.305 e. The van der Waals surface area contributed by atoms with E-state index in [0.717, 1.165) is 35.4 Å². The predicted molar refractivity (Wildman–Crippen MR) is 153 cm³/mol. The molecule has 0 bridgehead atoms. The van der Waals surface area contributed by atoms with Gasteiger partial charge in [0, 0.05) is 63.3 Å². The van der Waals surface area contributed by atoms with Crippen molar-refractivity contribution in [3.05, 3.63) is 83.7 Å². The normalized spacial score (nSPS) is 19.6. The highest BCUT2D eigenvalue weighted by Gasteiger charge is 2.34. The number of methoxy groups -OCH3 is 2. The van der Waals surface area contributed by atoms with Gasteiger partial charge in [-0.15, -0.1) is 0 Å². The second kappa shape index (κ2) is 12.6. The van der Waals surface area contributed by atoms with Crippen molar-refractivity contribution in [2.75, 3.05) is 43.7 Å². The van der Waals surface area contributed by atoms with Gasteiger partial charge in [-0.2, -0.15) is 0 Å². The molecule has 3 aromatic rings. The highest BCUT2D eigenvalue weighted by atomic mass is 19.1. The summed E-state index contributed by atoms with van der Waals surface area (Å²) in [6.45, 7) is 2.02. The van der Waals surface area contributed by atoms with Gasteiger partial charge in [0.05, 0.1) is 25.3 Å².